The van der Waals surface area contributed by atoms with E-state index in [0.29, 0.717) is 0 Å². The predicted molar refractivity (Wildman–Crippen MR) is 86.0 cm³/mol. The molecule has 0 atom stereocenters. The first-order valence-electron chi connectivity index (χ1n) is 7.95. The molecule has 1 aromatic rings. The second kappa shape index (κ2) is 5.29. The zero-order valence-electron chi connectivity index (χ0n) is 13.6. The highest BCUT2D eigenvalue weighted by Crippen LogP contribution is 2.36. The van der Waals surface area contributed by atoms with E-state index < -0.39 is 0 Å². The molecule has 5 heteroatoms. The number of nitrogens with zero attached hydrogens (tertiary/aromatic N) is 2. The lowest BCUT2D eigenvalue weighted by molar-refractivity contribution is 0.00578. The Hall–Kier alpha value is -1.07. The fraction of sp³-hybridized carbons (Fsp3) is 0.688. The van der Waals surface area contributed by atoms with Crippen molar-refractivity contribution in [3.63, 3.8) is 0 Å². The lowest BCUT2D eigenvalue weighted by Crippen LogP contribution is -2.41. The van der Waals surface area contributed by atoms with Gasteiger partial charge < -0.3 is 14.2 Å². The molecule has 0 N–H and O–H groups in total. The van der Waals surface area contributed by atoms with Gasteiger partial charge in [0.25, 0.3) is 0 Å². The van der Waals surface area contributed by atoms with Gasteiger partial charge in [0.2, 0.25) is 0 Å². The summed E-state index contributed by atoms with van der Waals surface area (Å²) in [6, 6.07) is 2.17. The Morgan fingerprint density at radius 2 is 1.62 bits per heavy atom. The Balaban J connectivity index is 1.81. The van der Waals surface area contributed by atoms with E-state index in [1.54, 1.807) is 0 Å². The van der Waals surface area contributed by atoms with Crippen LogP contribution in [0.5, 0.6) is 0 Å². The molecule has 0 aromatic carbocycles. The van der Waals surface area contributed by atoms with Crippen LogP contribution in [-0.2, 0) is 9.31 Å². The molecular weight excluding hydrogens is 263 g/mol. The van der Waals surface area contributed by atoms with E-state index >= 15 is 0 Å². The quantitative estimate of drug-likeness (QED) is 0.783. The molecule has 21 heavy (non-hydrogen) atoms. The maximum atomic E-state index is 6.11. The standard InChI is InChI=1S/C16H25BN2O2/c1-15(2)16(3,4)21-17(20-15)13-10-14(12-18-11-13)19-8-6-5-7-9-19/h10-12H,5-9H2,1-4H3. The minimum absolute atomic E-state index is 0.307. The van der Waals surface area contributed by atoms with Gasteiger partial charge in [0.15, 0.2) is 0 Å². The monoisotopic (exact) mass is 288 g/mol. The molecule has 0 unspecified atom stereocenters. The van der Waals surface area contributed by atoms with Gasteiger partial charge in [-0.15, -0.1) is 0 Å². The Labute approximate surface area is 128 Å². The SMILES string of the molecule is CC1(C)OB(c2cncc(N3CCCCC3)c2)OC1(C)C. The van der Waals surface area contributed by atoms with Gasteiger partial charge in [-0.3, -0.25) is 4.98 Å². The summed E-state index contributed by atoms with van der Waals surface area (Å²) in [6.07, 6.45) is 7.66. The molecule has 0 radical (unpaired) electrons. The molecule has 0 bridgehead atoms. The van der Waals surface area contributed by atoms with Gasteiger partial charge in [-0.2, -0.15) is 0 Å². The summed E-state index contributed by atoms with van der Waals surface area (Å²) in [6.45, 7) is 10.6. The highest BCUT2D eigenvalue weighted by Gasteiger charge is 2.51. The number of anilines is 1. The summed E-state index contributed by atoms with van der Waals surface area (Å²) in [5.41, 5.74) is 1.58. The fourth-order valence-electron chi connectivity index (χ4n) is 2.88. The van der Waals surface area contributed by atoms with Crippen LogP contribution < -0.4 is 10.4 Å². The number of piperidine rings is 1. The molecule has 2 fully saturated rings. The van der Waals surface area contributed by atoms with Crippen LogP contribution in [0, 0.1) is 0 Å². The third kappa shape index (κ3) is 2.81. The van der Waals surface area contributed by atoms with E-state index in [1.165, 1.54) is 24.9 Å². The third-order valence-corrected chi connectivity index (χ3v) is 4.99. The lowest BCUT2D eigenvalue weighted by atomic mass is 9.80. The average Bonchev–Trinajstić information content (AvgIpc) is 2.69. The molecule has 4 nitrogen and oxygen atoms in total. The van der Waals surface area contributed by atoms with Gasteiger partial charge >= 0.3 is 7.12 Å². The van der Waals surface area contributed by atoms with Crippen LogP contribution >= 0.6 is 0 Å². The van der Waals surface area contributed by atoms with Crippen molar-refractivity contribution in [1.82, 2.24) is 4.98 Å². The Morgan fingerprint density at radius 1 is 1.00 bits per heavy atom. The average molecular weight is 288 g/mol. The Morgan fingerprint density at radius 3 is 2.24 bits per heavy atom. The zero-order chi connectivity index (χ0) is 15.1. The second-order valence-electron chi connectivity index (χ2n) is 7.11. The number of hydrogen-bond donors (Lipinski definition) is 0. The molecule has 3 rings (SSSR count). The first-order chi connectivity index (χ1) is 9.89. The maximum absolute atomic E-state index is 6.11. The topological polar surface area (TPSA) is 34.6 Å². The normalized spacial score (nSPS) is 24.4. The summed E-state index contributed by atoms with van der Waals surface area (Å²) in [4.78, 5) is 6.81. The van der Waals surface area contributed by atoms with Crippen LogP contribution in [0.4, 0.5) is 5.69 Å². The second-order valence-corrected chi connectivity index (χ2v) is 7.11. The molecule has 114 valence electrons. The lowest BCUT2D eigenvalue weighted by Gasteiger charge is -2.32. The highest BCUT2D eigenvalue weighted by atomic mass is 16.7. The maximum Gasteiger partial charge on any atom is 0.496 e. The van der Waals surface area contributed by atoms with E-state index in [4.69, 9.17) is 9.31 Å². The molecule has 1 aromatic heterocycles. The van der Waals surface area contributed by atoms with Crippen molar-refractivity contribution >= 4 is 18.3 Å². The van der Waals surface area contributed by atoms with Gasteiger partial charge in [0.05, 0.1) is 23.1 Å². The third-order valence-electron chi connectivity index (χ3n) is 4.99. The number of pyridine rings is 1. The minimum Gasteiger partial charge on any atom is -0.399 e. The van der Waals surface area contributed by atoms with Gasteiger partial charge in [-0.25, -0.2) is 0 Å². The van der Waals surface area contributed by atoms with Crippen molar-refractivity contribution < 1.29 is 9.31 Å². The molecule has 0 spiro atoms. The summed E-state index contributed by atoms with van der Waals surface area (Å²) in [5.74, 6) is 0. The smallest absolute Gasteiger partial charge is 0.399 e. The van der Waals surface area contributed by atoms with E-state index in [-0.39, 0.29) is 18.3 Å². The predicted octanol–water partition coefficient (Wildman–Crippen LogP) is 2.37. The minimum atomic E-state index is -0.327. The van der Waals surface area contributed by atoms with Crippen molar-refractivity contribution in [3.8, 4) is 0 Å². The van der Waals surface area contributed by atoms with Crippen LogP contribution in [0.25, 0.3) is 0 Å². The summed E-state index contributed by atoms with van der Waals surface area (Å²) < 4.78 is 12.2. The molecule has 0 amide bonds. The van der Waals surface area contributed by atoms with Crippen LogP contribution in [0.15, 0.2) is 18.5 Å². The first kappa shape index (κ1) is 14.9. The largest absolute Gasteiger partial charge is 0.496 e. The van der Waals surface area contributed by atoms with Crippen LogP contribution in [0.3, 0.4) is 0 Å². The van der Waals surface area contributed by atoms with E-state index in [2.05, 4.69) is 43.6 Å². The molecular formula is C16H25BN2O2. The molecule has 2 aliphatic rings. The van der Waals surface area contributed by atoms with Crippen molar-refractivity contribution in [2.75, 3.05) is 18.0 Å². The summed E-state index contributed by atoms with van der Waals surface area (Å²) >= 11 is 0. The Kier molecular flexibility index (Phi) is 3.74. The van der Waals surface area contributed by atoms with E-state index in [9.17, 15) is 0 Å². The summed E-state index contributed by atoms with van der Waals surface area (Å²) in [7, 11) is -0.327. The van der Waals surface area contributed by atoms with E-state index in [1.807, 2.05) is 12.4 Å². The number of hydrogen-bond acceptors (Lipinski definition) is 4. The molecule has 3 heterocycles. The van der Waals surface area contributed by atoms with Gasteiger partial charge in [-0.1, -0.05) is 0 Å². The first-order valence-corrected chi connectivity index (χ1v) is 7.95. The number of aromatic nitrogens is 1. The van der Waals surface area contributed by atoms with Gasteiger partial charge in [0.1, 0.15) is 0 Å². The van der Waals surface area contributed by atoms with Crippen molar-refractivity contribution in [1.29, 1.82) is 0 Å². The van der Waals surface area contributed by atoms with Crippen LogP contribution in [0.1, 0.15) is 47.0 Å². The van der Waals surface area contributed by atoms with E-state index in [0.717, 1.165) is 18.6 Å². The van der Waals surface area contributed by atoms with Crippen LogP contribution in [0.2, 0.25) is 0 Å². The molecule has 0 saturated carbocycles. The van der Waals surface area contributed by atoms with Crippen molar-refractivity contribution in [3.05, 3.63) is 18.5 Å². The molecule has 2 saturated heterocycles. The zero-order valence-corrected chi connectivity index (χ0v) is 13.6. The number of rotatable bonds is 2. The van der Waals surface area contributed by atoms with Gasteiger partial charge in [0, 0.05) is 24.7 Å². The van der Waals surface area contributed by atoms with Crippen LogP contribution in [-0.4, -0.2) is 36.4 Å². The van der Waals surface area contributed by atoms with Crippen molar-refractivity contribution in [2.45, 2.75) is 58.2 Å². The Bertz CT molecular complexity index is 497. The molecule has 2 aliphatic heterocycles. The highest BCUT2D eigenvalue weighted by molar-refractivity contribution is 6.62. The van der Waals surface area contributed by atoms with Crippen molar-refractivity contribution in [2.24, 2.45) is 0 Å². The van der Waals surface area contributed by atoms with Gasteiger partial charge in [-0.05, 0) is 53.0 Å². The summed E-state index contributed by atoms with van der Waals surface area (Å²) in [5, 5.41) is 0. The fourth-order valence-corrected chi connectivity index (χ4v) is 2.88. The molecule has 0 aliphatic carbocycles.